The summed E-state index contributed by atoms with van der Waals surface area (Å²) >= 11 is 0. The van der Waals surface area contributed by atoms with Crippen LogP contribution in [0.25, 0.3) is 43.4 Å². The summed E-state index contributed by atoms with van der Waals surface area (Å²) in [6, 6.07) is 67.9. The Morgan fingerprint density at radius 2 is 0.778 bits per heavy atom. The number of benzene rings is 9. The number of rotatable bonds is 3. The molecular formula is C52H38N2. The van der Waals surface area contributed by atoms with Crippen molar-refractivity contribution in [1.29, 1.82) is 0 Å². The first-order valence-electron chi connectivity index (χ1n) is 19.2. The zero-order valence-electron chi connectivity index (χ0n) is 30.0. The van der Waals surface area contributed by atoms with E-state index in [4.69, 9.17) is 0 Å². The molecule has 0 amide bonds. The van der Waals surface area contributed by atoms with Crippen molar-refractivity contribution in [3.63, 3.8) is 0 Å². The summed E-state index contributed by atoms with van der Waals surface area (Å²) in [6.07, 6.45) is 4.11. The van der Waals surface area contributed by atoms with E-state index in [9.17, 15) is 0 Å². The van der Waals surface area contributed by atoms with Gasteiger partial charge in [0.05, 0.1) is 0 Å². The van der Waals surface area contributed by atoms with Gasteiger partial charge < -0.3 is 9.80 Å². The third-order valence-electron chi connectivity index (χ3n) is 11.8. The summed E-state index contributed by atoms with van der Waals surface area (Å²) in [5.41, 5.74) is 15.5. The molecule has 0 fully saturated rings. The largest absolute Gasteiger partial charge is 0.310 e. The number of para-hydroxylation sites is 4. The Bertz CT molecular complexity index is 2820. The molecule has 0 aliphatic carbocycles. The van der Waals surface area contributed by atoms with Crippen LogP contribution < -0.4 is 9.80 Å². The molecule has 2 nitrogen and oxygen atoms in total. The van der Waals surface area contributed by atoms with Crippen LogP contribution in [0.2, 0.25) is 0 Å². The van der Waals surface area contributed by atoms with E-state index in [-0.39, 0.29) is 0 Å². The fourth-order valence-corrected chi connectivity index (χ4v) is 9.22. The van der Waals surface area contributed by atoms with Gasteiger partial charge in [-0.25, -0.2) is 0 Å². The molecule has 0 bridgehead atoms. The minimum absolute atomic E-state index is 1.03. The Hall–Kier alpha value is -6.64. The third-order valence-corrected chi connectivity index (χ3v) is 11.8. The van der Waals surface area contributed by atoms with Crippen LogP contribution in [0, 0.1) is 0 Å². The zero-order valence-corrected chi connectivity index (χ0v) is 30.0. The number of hydrogen-bond acceptors (Lipinski definition) is 2. The molecule has 2 aliphatic heterocycles. The molecule has 54 heavy (non-hydrogen) atoms. The molecule has 2 heteroatoms. The standard InChI is InChI=1S/C52H38N2/c1-6-18-44-35(12-1)17-11-19-46(44)52-45-31-30-42(53-48-20-7-2-13-36(48)24-25-37-14-3-8-21-49(37)53)33-41(45)32-40-28-29-43(34-47(40)52)54-50-22-9-4-15-38(50)26-27-39-16-5-10-23-51(39)54/h1-23,28-34H,24-27H2. The van der Waals surface area contributed by atoms with Crippen LogP contribution in [0.4, 0.5) is 34.1 Å². The van der Waals surface area contributed by atoms with Gasteiger partial charge in [-0.3, -0.25) is 0 Å². The first-order chi connectivity index (χ1) is 26.8. The lowest BCUT2D eigenvalue weighted by Crippen LogP contribution is -2.12. The Kier molecular flexibility index (Phi) is 7.16. The van der Waals surface area contributed by atoms with Crippen molar-refractivity contribution in [2.24, 2.45) is 0 Å². The van der Waals surface area contributed by atoms with E-state index in [0.717, 1.165) is 25.7 Å². The Morgan fingerprint density at radius 1 is 0.296 bits per heavy atom. The van der Waals surface area contributed by atoms with E-state index in [1.165, 1.54) is 99.8 Å². The molecule has 9 aromatic rings. The molecule has 0 atom stereocenters. The van der Waals surface area contributed by atoms with Crippen LogP contribution in [-0.4, -0.2) is 0 Å². The first kappa shape index (κ1) is 30.9. The smallest absolute Gasteiger partial charge is 0.0493 e. The predicted octanol–water partition coefficient (Wildman–Crippen LogP) is 13.9. The number of aryl methyl sites for hydroxylation is 4. The highest BCUT2D eigenvalue weighted by atomic mass is 15.2. The maximum Gasteiger partial charge on any atom is 0.0493 e. The maximum absolute atomic E-state index is 2.49. The molecule has 2 heterocycles. The lowest BCUT2D eigenvalue weighted by molar-refractivity contribution is 0.977. The monoisotopic (exact) mass is 690 g/mol. The van der Waals surface area contributed by atoms with Gasteiger partial charge in [0, 0.05) is 34.1 Å². The molecule has 2 aliphatic rings. The lowest BCUT2D eigenvalue weighted by atomic mass is 9.88. The Labute approximate surface area is 316 Å². The number of hydrogen-bond donors (Lipinski definition) is 0. The predicted molar refractivity (Wildman–Crippen MR) is 229 cm³/mol. The molecule has 0 saturated carbocycles. The summed E-state index contributed by atoms with van der Waals surface area (Å²) in [5, 5.41) is 7.51. The van der Waals surface area contributed by atoms with Gasteiger partial charge in [0.2, 0.25) is 0 Å². The molecule has 256 valence electrons. The minimum atomic E-state index is 1.03. The second kappa shape index (κ2) is 12.5. The minimum Gasteiger partial charge on any atom is -0.310 e. The van der Waals surface area contributed by atoms with Gasteiger partial charge in [0.25, 0.3) is 0 Å². The summed E-state index contributed by atoms with van der Waals surface area (Å²) in [6.45, 7) is 0. The van der Waals surface area contributed by atoms with E-state index in [1.807, 2.05) is 0 Å². The summed E-state index contributed by atoms with van der Waals surface area (Å²) in [5.74, 6) is 0. The van der Waals surface area contributed by atoms with Crippen molar-refractivity contribution in [3.8, 4) is 11.1 Å². The van der Waals surface area contributed by atoms with Gasteiger partial charge >= 0.3 is 0 Å². The van der Waals surface area contributed by atoms with Crippen molar-refractivity contribution >= 4 is 66.4 Å². The Morgan fingerprint density at radius 3 is 1.37 bits per heavy atom. The molecular weight excluding hydrogens is 653 g/mol. The van der Waals surface area contributed by atoms with Gasteiger partial charge in [-0.15, -0.1) is 0 Å². The average molecular weight is 691 g/mol. The fraction of sp³-hybridized carbons (Fsp3) is 0.0769. The van der Waals surface area contributed by atoms with Gasteiger partial charge in [0.1, 0.15) is 0 Å². The van der Waals surface area contributed by atoms with Crippen molar-refractivity contribution in [2.75, 3.05) is 9.80 Å². The Balaban J connectivity index is 1.18. The summed E-state index contributed by atoms with van der Waals surface area (Å²) in [7, 11) is 0. The average Bonchev–Trinajstić information content (AvgIpc) is 3.51. The highest BCUT2D eigenvalue weighted by molar-refractivity contribution is 6.18. The first-order valence-corrected chi connectivity index (χ1v) is 19.2. The van der Waals surface area contributed by atoms with E-state index >= 15 is 0 Å². The molecule has 0 spiro atoms. The van der Waals surface area contributed by atoms with Crippen molar-refractivity contribution in [2.45, 2.75) is 25.7 Å². The third kappa shape index (κ3) is 4.94. The number of fused-ring (bicyclic) bond motifs is 7. The van der Waals surface area contributed by atoms with E-state index in [2.05, 4.69) is 192 Å². The van der Waals surface area contributed by atoms with Crippen LogP contribution in [0.3, 0.4) is 0 Å². The van der Waals surface area contributed by atoms with E-state index in [1.54, 1.807) is 0 Å². The van der Waals surface area contributed by atoms with Gasteiger partial charge in [-0.1, -0.05) is 127 Å². The summed E-state index contributed by atoms with van der Waals surface area (Å²) < 4.78 is 0. The topological polar surface area (TPSA) is 6.48 Å². The van der Waals surface area contributed by atoms with Crippen LogP contribution in [0.15, 0.2) is 182 Å². The zero-order chi connectivity index (χ0) is 35.6. The highest BCUT2D eigenvalue weighted by Gasteiger charge is 2.25. The van der Waals surface area contributed by atoms with Crippen molar-refractivity contribution in [3.05, 3.63) is 204 Å². The molecule has 0 saturated heterocycles. The van der Waals surface area contributed by atoms with E-state index < -0.39 is 0 Å². The van der Waals surface area contributed by atoms with E-state index in [0.29, 0.717) is 0 Å². The molecule has 0 aromatic heterocycles. The molecule has 0 N–H and O–H groups in total. The number of anilines is 6. The van der Waals surface area contributed by atoms with Crippen LogP contribution in [-0.2, 0) is 25.7 Å². The lowest BCUT2D eigenvalue weighted by Gasteiger charge is -2.28. The van der Waals surface area contributed by atoms with Crippen molar-refractivity contribution < 1.29 is 0 Å². The van der Waals surface area contributed by atoms with Gasteiger partial charge in [-0.2, -0.15) is 0 Å². The second-order valence-corrected chi connectivity index (χ2v) is 14.8. The quantitative estimate of drug-likeness (QED) is 0.170. The van der Waals surface area contributed by atoms with Gasteiger partial charge in [-0.05, 0) is 146 Å². The normalized spacial score (nSPS) is 13.6. The number of nitrogens with zero attached hydrogens (tertiary/aromatic N) is 2. The highest BCUT2D eigenvalue weighted by Crippen LogP contribution is 2.48. The summed E-state index contributed by atoms with van der Waals surface area (Å²) in [4.78, 5) is 4.97. The molecule has 0 radical (unpaired) electrons. The maximum atomic E-state index is 2.49. The fourth-order valence-electron chi connectivity index (χ4n) is 9.22. The second-order valence-electron chi connectivity index (χ2n) is 14.8. The molecule has 9 aromatic carbocycles. The van der Waals surface area contributed by atoms with Crippen LogP contribution in [0.5, 0.6) is 0 Å². The van der Waals surface area contributed by atoms with Gasteiger partial charge in [0.15, 0.2) is 0 Å². The SMILES string of the molecule is c1ccc2c(c1)CCc1ccccc1N2c1ccc2c(-c3cccc4ccccc34)c3cc(N4c5ccccc5CCc5ccccc54)ccc3cc2c1. The molecule has 0 unspecified atom stereocenters. The van der Waals surface area contributed by atoms with Crippen LogP contribution in [0.1, 0.15) is 22.3 Å². The molecule has 11 rings (SSSR count). The van der Waals surface area contributed by atoms with Crippen molar-refractivity contribution in [1.82, 2.24) is 0 Å². The van der Waals surface area contributed by atoms with Crippen LogP contribution >= 0.6 is 0 Å².